The zero-order valence-electron chi connectivity index (χ0n) is 11.9. The van der Waals surface area contributed by atoms with E-state index in [4.69, 9.17) is 10.8 Å². The summed E-state index contributed by atoms with van der Waals surface area (Å²) in [5.41, 5.74) is 6.83. The molecule has 21 heavy (non-hydrogen) atoms. The minimum absolute atomic E-state index is 0.0195. The predicted molar refractivity (Wildman–Crippen MR) is 80.4 cm³/mol. The van der Waals surface area contributed by atoms with Crippen LogP contribution in [0.2, 0.25) is 0 Å². The Bertz CT molecular complexity index is 519. The first-order chi connectivity index (χ1) is 10.1. The third-order valence-corrected chi connectivity index (χ3v) is 3.74. The van der Waals surface area contributed by atoms with Crippen LogP contribution in [-0.4, -0.2) is 43.2 Å². The summed E-state index contributed by atoms with van der Waals surface area (Å²) in [6.07, 6.45) is 2.08. The number of carboxylic acids is 1. The van der Waals surface area contributed by atoms with Gasteiger partial charge in [-0.15, -0.1) is 0 Å². The van der Waals surface area contributed by atoms with E-state index in [-0.39, 0.29) is 6.54 Å². The van der Waals surface area contributed by atoms with E-state index in [1.54, 1.807) is 12.1 Å². The van der Waals surface area contributed by atoms with E-state index in [1.165, 1.54) is 0 Å². The molecule has 0 aliphatic carbocycles. The maximum atomic E-state index is 11.5. The SMILES string of the molecule is NC(=O)c1ccccc1N1CCCC(CNCC(=O)O)C1. The number of hydrogen-bond acceptors (Lipinski definition) is 4. The van der Waals surface area contributed by atoms with Gasteiger partial charge in [0.2, 0.25) is 0 Å². The second-order valence-electron chi connectivity index (χ2n) is 5.36. The lowest BCUT2D eigenvalue weighted by molar-refractivity contribution is -0.136. The van der Waals surface area contributed by atoms with Crippen LogP contribution < -0.4 is 16.0 Å². The quantitative estimate of drug-likeness (QED) is 0.716. The first-order valence-electron chi connectivity index (χ1n) is 7.14. The highest BCUT2D eigenvalue weighted by Gasteiger charge is 2.22. The van der Waals surface area contributed by atoms with Gasteiger partial charge in [-0.2, -0.15) is 0 Å². The molecular weight excluding hydrogens is 270 g/mol. The van der Waals surface area contributed by atoms with E-state index < -0.39 is 11.9 Å². The van der Waals surface area contributed by atoms with E-state index in [9.17, 15) is 9.59 Å². The average Bonchev–Trinajstić information content (AvgIpc) is 2.47. The Hall–Kier alpha value is -2.08. The minimum Gasteiger partial charge on any atom is -0.480 e. The van der Waals surface area contributed by atoms with Gasteiger partial charge < -0.3 is 21.1 Å². The Kier molecular flexibility index (Phi) is 5.16. The Balaban J connectivity index is 2.01. The van der Waals surface area contributed by atoms with Crippen molar-refractivity contribution in [2.24, 2.45) is 11.7 Å². The number of carbonyl (C=O) groups is 2. The van der Waals surface area contributed by atoms with Gasteiger partial charge in [0, 0.05) is 25.3 Å². The van der Waals surface area contributed by atoms with Crippen molar-refractivity contribution in [3.05, 3.63) is 29.8 Å². The number of nitrogens with one attached hydrogen (secondary N) is 1. The number of anilines is 1. The number of carbonyl (C=O) groups excluding carboxylic acids is 1. The van der Waals surface area contributed by atoms with Gasteiger partial charge in [-0.3, -0.25) is 9.59 Å². The van der Waals surface area contributed by atoms with E-state index in [2.05, 4.69) is 10.2 Å². The van der Waals surface area contributed by atoms with Crippen LogP contribution in [0.3, 0.4) is 0 Å². The fourth-order valence-electron chi connectivity index (χ4n) is 2.79. The summed E-state index contributed by atoms with van der Waals surface area (Å²) >= 11 is 0. The molecule has 0 spiro atoms. The molecule has 1 unspecified atom stereocenters. The number of para-hydroxylation sites is 1. The lowest BCUT2D eigenvalue weighted by Gasteiger charge is -2.35. The van der Waals surface area contributed by atoms with E-state index >= 15 is 0 Å². The summed E-state index contributed by atoms with van der Waals surface area (Å²) in [6.45, 7) is 2.34. The van der Waals surface area contributed by atoms with E-state index in [0.717, 1.165) is 31.6 Å². The summed E-state index contributed by atoms with van der Waals surface area (Å²) in [7, 11) is 0. The lowest BCUT2D eigenvalue weighted by atomic mass is 9.96. The Morgan fingerprint density at radius 1 is 1.38 bits per heavy atom. The van der Waals surface area contributed by atoms with Crippen LogP contribution in [0.4, 0.5) is 5.69 Å². The monoisotopic (exact) mass is 291 g/mol. The van der Waals surface area contributed by atoms with Gasteiger partial charge in [0.25, 0.3) is 5.91 Å². The van der Waals surface area contributed by atoms with Crippen LogP contribution in [0.1, 0.15) is 23.2 Å². The second kappa shape index (κ2) is 7.08. The van der Waals surface area contributed by atoms with Gasteiger partial charge in [-0.05, 0) is 30.9 Å². The van der Waals surface area contributed by atoms with E-state index in [0.29, 0.717) is 18.0 Å². The lowest BCUT2D eigenvalue weighted by Crippen LogP contribution is -2.41. The van der Waals surface area contributed by atoms with Crippen molar-refractivity contribution < 1.29 is 14.7 Å². The maximum Gasteiger partial charge on any atom is 0.317 e. The van der Waals surface area contributed by atoms with Gasteiger partial charge in [0.1, 0.15) is 0 Å². The molecule has 1 atom stereocenters. The van der Waals surface area contributed by atoms with Crippen LogP contribution >= 0.6 is 0 Å². The Labute approximate surface area is 123 Å². The molecule has 114 valence electrons. The first-order valence-corrected chi connectivity index (χ1v) is 7.14. The van der Waals surface area contributed by atoms with Crippen molar-refractivity contribution in [1.29, 1.82) is 0 Å². The smallest absolute Gasteiger partial charge is 0.317 e. The Morgan fingerprint density at radius 3 is 2.86 bits per heavy atom. The molecule has 0 bridgehead atoms. The summed E-state index contributed by atoms with van der Waals surface area (Å²) in [5.74, 6) is -0.891. The summed E-state index contributed by atoms with van der Waals surface area (Å²) in [5, 5.41) is 11.6. The minimum atomic E-state index is -0.846. The number of benzene rings is 1. The number of primary amides is 1. The summed E-state index contributed by atoms with van der Waals surface area (Å²) in [4.78, 5) is 24.2. The number of carboxylic acid groups (broad SMARTS) is 1. The largest absolute Gasteiger partial charge is 0.480 e. The highest BCUT2D eigenvalue weighted by atomic mass is 16.4. The maximum absolute atomic E-state index is 11.5. The van der Waals surface area contributed by atoms with Crippen LogP contribution in [0.25, 0.3) is 0 Å². The number of nitrogens with zero attached hydrogens (tertiary/aromatic N) is 1. The zero-order chi connectivity index (χ0) is 15.2. The van der Waals surface area contributed by atoms with Crippen LogP contribution in [0, 0.1) is 5.92 Å². The number of piperidine rings is 1. The van der Waals surface area contributed by atoms with Crippen molar-refractivity contribution in [3.8, 4) is 0 Å². The number of hydrogen-bond donors (Lipinski definition) is 3. The highest BCUT2D eigenvalue weighted by molar-refractivity contribution is 5.98. The number of nitrogens with two attached hydrogens (primary N) is 1. The fraction of sp³-hybridized carbons (Fsp3) is 0.467. The molecule has 4 N–H and O–H groups in total. The first kappa shape index (κ1) is 15.3. The van der Waals surface area contributed by atoms with Gasteiger partial charge in [0.15, 0.2) is 0 Å². The van der Waals surface area contributed by atoms with Crippen LogP contribution in [0.15, 0.2) is 24.3 Å². The molecule has 6 nitrogen and oxygen atoms in total. The van der Waals surface area contributed by atoms with Gasteiger partial charge in [0.05, 0.1) is 12.1 Å². The summed E-state index contributed by atoms with van der Waals surface area (Å²) < 4.78 is 0. The molecule has 1 fully saturated rings. The van der Waals surface area contributed by atoms with Gasteiger partial charge in [-0.1, -0.05) is 12.1 Å². The molecule has 0 saturated carbocycles. The molecule has 1 saturated heterocycles. The molecule has 1 aromatic carbocycles. The zero-order valence-corrected chi connectivity index (χ0v) is 11.9. The molecule has 1 aromatic rings. The normalized spacial score (nSPS) is 18.5. The van der Waals surface area contributed by atoms with E-state index in [1.807, 2.05) is 12.1 Å². The molecule has 0 radical (unpaired) electrons. The average molecular weight is 291 g/mol. The third-order valence-electron chi connectivity index (χ3n) is 3.74. The summed E-state index contributed by atoms with van der Waals surface area (Å²) in [6, 6.07) is 7.35. The van der Waals surface area contributed by atoms with Crippen LogP contribution in [-0.2, 0) is 4.79 Å². The molecule has 1 aliphatic heterocycles. The standard InChI is InChI=1S/C15H21N3O3/c16-15(21)12-5-1-2-6-13(12)18-7-3-4-11(10-18)8-17-9-14(19)20/h1-2,5-6,11,17H,3-4,7-10H2,(H2,16,21)(H,19,20). The second-order valence-corrected chi connectivity index (χ2v) is 5.36. The van der Waals surface area contributed by atoms with Gasteiger partial charge >= 0.3 is 5.97 Å². The van der Waals surface area contributed by atoms with Crippen molar-refractivity contribution in [3.63, 3.8) is 0 Å². The molecule has 1 aliphatic rings. The molecule has 1 amide bonds. The van der Waals surface area contributed by atoms with Crippen LogP contribution in [0.5, 0.6) is 0 Å². The molecule has 2 rings (SSSR count). The molecule has 6 heteroatoms. The number of rotatable bonds is 6. The number of amides is 1. The van der Waals surface area contributed by atoms with Crippen molar-refractivity contribution in [2.45, 2.75) is 12.8 Å². The topological polar surface area (TPSA) is 95.7 Å². The van der Waals surface area contributed by atoms with Crippen molar-refractivity contribution in [2.75, 3.05) is 31.1 Å². The van der Waals surface area contributed by atoms with Gasteiger partial charge in [-0.25, -0.2) is 0 Å². The molecular formula is C15H21N3O3. The third kappa shape index (κ3) is 4.19. The predicted octanol–water partition coefficient (Wildman–Crippen LogP) is 0.676. The highest BCUT2D eigenvalue weighted by Crippen LogP contribution is 2.25. The number of aliphatic carboxylic acids is 1. The molecule has 1 heterocycles. The van der Waals surface area contributed by atoms with Crippen molar-refractivity contribution >= 4 is 17.6 Å². The van der Waals surface area contributed by atoms with Crippen molar-refractivity contribution in [1.82, 2.24) is 5.32 Å². The Morgan fingerprint density at radius 2 is 2.14 bits per heavy atom. The fourth-order valence-corrected chi connectivity index (χ4v) is 2.79. The molecule has 0 aromatic heterocycles.